The fourth-order valence-electron chi connectivity index (χ4n) is 5.90. The molecule has 2 unspecified atom stereocenters. The van der Waals surface area contributed by atoms with Crippen molar-refractivity contribution in [3.63, 3.8) is 0 Å². The summed E-state index contributed by atoms with van der Waals surface area (Å²) in [7, 11) is 0. The predicted octanol–water partition coefficient (Wildman–Crippen LogP) is 2.78. The van der Waals surface area contributed by atoms with E-state index >= 15 is 0 Å². The molecule has 0 radical (unpaired) electrons. The van der Waals surface area contributed by atoms with Crippen LogP contribution in [0.2, 0.25) is 5.02 Å². The van der Waals surface area contributed by atoms with Gasteiger partial charge in [0.1, 0.15) is 24.0 Å². The van der Waals surface area contributed by atoms with Crippen LogP contribution < -0.4 is 10.6 Å². The van der Waals surface area contributed by atoms with E-state index in [4.69, 9.17) is 11.6 Å². The van der Waals surface area contributed by atoms with E-state index in [0.717, 1.165) is 5.39 Å². The number of hydrogen-bond acceptors (Lipinski definition) is 5. The minimum Gasteiger partial charge on any atom is -0.378 e. The van der Waals surface area contributed by atoms with E-state index in [1.165, 1.54) is 4.90 Å². The molecule has 5 rings (SSSR count). The second-order valence-electron chi connectivity index (χ2n) is 10.1. The van der Waals surface area contributed by atoms with Gasteiger partial charge in [0.15, 0.2) is 0 Å². The number of nitrogens with one attached hydrogen (secondary N) is 3. The van der Waals surface area contributed by atoms with Gasteiger partial charge in [-0.25, -0.2) is 8.78 Å². The molecule has 1 aliphatic carbocycles. The van der Waals surface area contributed by atoms with Crippen LogP contribution in [0.1, 0.15) is 42.6 Å². The van der Waals surface area contributed by atoms with Gasteiger partial charge in [0.25, 0.3) is 5.91 Å². The first kappa shape index (κ1) is 24.0. The van der Waals surface area contributed by atoms with Crippen molar-refractivity contribution in [2.24, 2.45) is 11.3 Å². The summed E-state index contributed by atoms with van der Waals surface area (Å²) in [5, 5.41) is 26.3. The number of hydrogen-bond donors (Lipinski definition) is 4. The Bertz CT molecular complexity index is 1200. The number of nitriles is 1. The number of aromatic amines is 1. The molecule has 1 spiro atoms. The Balaban J connectivity index is 1.37. The zero-order valence-corrected chi connectivity index (χ0v) is 19.6. The van der Waals surface area contributed by atoms with Crippen molar-refractivity contribution >= 4 is 34.3 Å². The van der Waals surface area contributed by atoms with Gasteiger partial charge in [0.05, 0.1) is 16.6 Å². The lowest BCUT2D eigenvalue weighted by molar-refractivity contribution is -0.155. The fraction of sp³-hybridized carbons (Fsp3) is 0.542. The molecule has 2 amide bonds. The van der Waals surface area contributed by atoms with Crippen LogP contribution in [0.25, 0.3) is 10.9 Å². The lowest BCUT2D eigenvalue weighted by atomic mass is 9.65. The van der Waals surface area contributed by atoms with Gasteiger partial charge in [-0.15, -0.1) is 0 Å². The predicted molar refractivity (Wildman–Crippen MR) is 124 cm³/mol. The lowest BCUT2D eigenvalue weighted by Crippen LogP contribution is -2.49. The molecule has 1 aromatic carbocycles. The number of carbonyl (C=O) groups excluding carboxylic acids is 2. The normalized spacial score (nSPS) is 27.5. The van der Waals surface area contributed by atoms with E-state index in [1.807, 2.05) is 0 Å². The number of H-pyrrole nitrogens is 1. The monoisotopic (exact) mass is 505 g/mol. The summed E-state index contributed by atoms with van der Waals surface area (Å²) in [5.41, 5.74) is -0.0414. The van der Waals surface area contributed by atoms with Crippen LogP contribution in [0.4, 0.5) is 8.78 Å². The molecule has 11 heteroatoms. The molecular formula is C24H26ClF2N5O3. The number of aromatic nitrogens is 1. The maximum Gasteiger partial charge on any atom is 0.271 e. The highest BCUT2D eigenvalue weighted by Gasteiger charge is 2.62. The first-order valence-corrected chi connectivity index (χ1v) is 12.1. The third kappa shape index (κ3) is 4.48. The minimum atomic E-state index is -2.81. The lowest BCUT2D eigenvalue weighted by Gasteiger charge is -2.44. The third-order valence-electron chi connectivity index (χ3n) is 7.50. The molecule has 8 nitrogen and oxygen atoms in total. The summed E-state index contributed by atoms with van der Waals surface area (Å²) < 4.78 is 27.7. The topological polar surface area (TPSA) is 121 Å². The van der Waals surface area contributed by atoms with Crippen molar-refractivity contribution in [1.82, 2.24) is 20.5 Å². The maximum absolute atomic E-state index is 13.8. The molecule has 3 aliphatic rings. The molecule has 186 valence electrons. The van der Waals surface area contributed by atoms with E-state index in [-0.39, 0.29) is 43.8 Å². The number of aliphatic hydroxyl groups excluding tert-OH is 1. The SMILES string of the molecule is N#C[C@H](C[C@@H]1CCNC1O)NC(=O)C1CC2(CN1C(=O)c1cc3cccc(Cl)c3[nH]1)CC(F)(F)C2. The van der Waals surface area contributed by atoms with Gasteiger partial charge in [-0.1, -0.05) is 23.7 Å². The van der Waals surface area contributed by atoms with Gasteiger partial charge in [-0.05, 0) is 37.9 Å². The summed E-state index contributed by atoms with van der Waals surface area (Å²) in [4.78, 5) is 31.1. The molecule has 4 N–H and O–H groups in total. The first-order chi connectivity index (χ1) is 16.6. The molecule has 1 aromatic heterocycles. The highest BCUT2D eigenvalue weighted by Crippen LogP contribution is 2.58. The van der Waals surface area contributed by atoms with Gasteiger partial charge in [-0.2, -0.15) is 5.26 Å². The number of nitrogens with zero attached hydrogens (tertiary/aromatic N) is 2. The zero-order chi connectivity index (χ0) is 25.0. The molecule has 0 bridgehead atoms. The number of carbonyl (C=O) groups is 2. The number of likely N-dealkylation sites (tertiary alicyclic amines) is 1. The molecule has 1 saturated carbocycles. The minimum absolute atomic E-state index is 0.0328. The average molecular weight is 506 g/mol. The van der Waals surface area contributed by atoms with E-state index in [1.54, 1.807) is 24.3 Å². The molecule has 2 saturated heterocycles. The van der Waals surface area contributed by atoms with Gasteiger partial charge in [-0.3, -0.25) is 14.9 Å². The quantitative estimate of drug-likeness (QED) is 0.498. The van der Waals surface area contributed by atoms with E-state index in [2.05, 4.69) is 21.7 Å². The van der Waals surface area contributed by atoms with Crippen molar-refractivity contribution < 1.29 is 23.5 Å². The van der Waals surface area contributed by atoms with Crippen LogP contribution in [0, 0.1) is 22.7 Å². The van der Waals surface area contributed by atoms with Gasteiger partial charge < -0.3 is 20.3 Å². The zero-order valence-electron chi connectivity index (χ0n) is 18.9. The maximum atomic E-state index is 13.8. The molecule has 3 heterocycles. The fourth-order valence-corrected chi connectivity index (χ4v) is 6.13. The Morgan fingerprint density at radius 1 is 1.37 bits per heavy atom. The number of fused-ring (bicyclic) bond motifs is 1. The van der Waals surface area contributed by atoms with Gasteiger partial charge in [0, 0.05) is 36.1 Å². The summed E-state index contributed by atoms with van der Waals surface area (Å²) in [5.74, 6) is -4.02. The Hall–Kier alpha value is -2.74. The summed E-state index contributed by atoms with van der Waals surface area (Å²) >= 11 is 6.22. The van der Waals surface area contributed by atoms with Crippen LogP contribution >= 0.6 is 11.6 Å². The molecule has 4 atom stereocenters. The second kappa shape index (κ2) is 8.73. The number of halogens is 3. The summed E-state index contributed by atoms with van der Waals surface area (Å²) in [6, 6.07) is 7.06. The van der Waals surface area contributed by atoms with Crippen LogP contribution in [-0.4, -0.2) is 64.1 Å². The molecule has 3 fully saturated rings. The van der Waals surface area contributed by atoms with Crippen LogP contribution in [0.5, 0.6) is 0 Å². The molecule has 35 heavy (non-hydrogen) atoms. The van der Waals surface area contributed by atoms with E-state index < -0.39 is 41.5 Å². The number of alkyl halides is 2. The Labute approximate surface area is 205 Å². The molecular weight excluding hydrogens is 480 g/mol. The van der Waals surface area contributed by atoms with Crippen LogP contribution in [-0.2, 0) is 4.79 Å². The average Bonchev–Trinajstić information content (AvgIpc) is 3.50. The van der Waals surface area contributed by atoms with Crippen molar-refractivity contribution in [1.29, 1.82) is 5.26 Å². The van der Waals surface area contributed by atoms with Crippen molar-refractivity contribution in [2.45, 2.75) is 56.3 Å². The molecule has 2 aliphatic heterocycles. The number of aliphatic hydroxyl groups is 1. The third-order valence-corrected chi connectivity index (χ3v) is 7.82. The van der Waals surface area contributed by atoms with Crippen molar-refractivity contribution in [3.8, 4) is 6.07 Å². The Morgan fingerprint density at radius 3 is 2.77 bits per heavy atom. The highest BCUT2D eigenvalue weighted by molar-refractivity contribution is 6.35. The van der Waals surface area contributed by atoms with Crippen molar-refractivity contribution in [2.75, 3.05) is 13.1 Å². The Morgan fingerprint density at radius 2 is 2.14 bits per heavy atom. The molecule has 2 aromatic rings. The largest absolute Gasteiger partial charge is 0.378 e. The van der Waals surface area contributed by atoms with Gasteiger partial charge in [0.2, 0.25) is 11.8 Å². The van der Waals surface area contributed by atoms with E-state index in [9.17, 15) is 28.7 Å². The smallest absolute Gasteiger partial charge is 0.271 e. The number of amides is 2. The number of para-hydroxylation sites is 1. The van der Waals surface area contributed by atoms with Crippen LogP contribution in [0.15, 0.2) is 24.3 Å². The second-order valence-corrected chi connectivity index (χ2v) is 10.5. The van der Waals surface area contributed by atoms with Gasteiger partial charge >= 0.3 is 0 Å². The summed E-state index contributed by atoms with van der Waals surface area (Å²) in [6.07, 6.45) is -0.485. The Kier molecular flexibility index (Phi) is 5.98. The standard InChI is InChI=1S/C24H26ClF2N5O3/c25-16-3-1-2-13-7-17(31-19(13)16)22(35)32-12-23(10-24(26,27)11-23)8-18(32)21(34)30-15(9-28)6-14-4-5-29-20(14)33/h1-3,7,14-15,18,20,29,31,33H,4-6,8,10-12H2,(H,30,34)/t14-,15-,18?,20?/m0/s1. The first-order valence-electron chi connectivity index (χ1n) is 11.7. The van der Waals surface area contributed by atoms with Crippen molar-refractivity contribution in [3.05, 3.63) is 35.0 Å². The number of benzene rings is 1. The number of rotatable bonds is 5. The highest BCUT2D eigenvalue weighted by atomic mass is 35.5. The van der Waals surface area contributed by atoms with Crippen LogP contribution in [0.3, 0.4) is 0 Å². The van der Waals surface area contributed by atoms with E-state index in [0.29, 0.717) is 23.5 Å². The summed E-state index contributed by atoms with van der Waals surface area (Å²) in [6.45, 7) is 0.652.